The zero-order chi connectivity index (χ0) is 19.2. The lowest BCUT2D eigenvalue weighted by molar-refractivity contribution is -0.119. The SMILES string of the molecule is O=C(CSc1ccc(Br)s1)NCC1CN(Cc2ccc(Cl)c(Cl)c2)CCO1. The maximum absolute atomic E-state index is 12.1. The Balaban J connectivity index is 1.41. The van der Waals surface area contributed by atoms with Crippen LogP contribution in [-0.2, 0) is 16.1 Å². The van der Waals surface area contributed by atoms with Crippen LogP contribution in [0, 0.1) is 0 Å². The third-order valence-electron chi connectivity index (χ3n) is 4.03. The van der Waals surface area contributed by atoms with Crippen LogP contribution in [0.1, 0.15) is 5.56 Å². The summed E-state index contributed by atoms with van der Waals surface area (Å²) in [5, 5.41) is 4.11. The predicted octanol–water partition coefficient (Wildman–Crippen LogP) is 4.93. The van der Waals surface area contributed by atoms with Gasteiger partial charge in [-0.1, -0.05) is 29.3 Å². The molecule has 2 aromatic rings. The summed E-state index contributed by atoms with van der Waals surface area (Å²) in [4.78, 5) is 14.4. The first-order valence-electron chi connectivity index (χ1n) is 8.42. The molecule has 1 fully saturated rings. The van der Waals surface area contributed by atoms with E-state index in [4.69, 9.17) is 27.9 Å². The zero-order valence-corrected chi connectivity index (χ0v) is 19.2. The molecule has 0 aliphatic carbocycles. The lowest BCUT2D eigenvalue weighted by Crippen LogP contribution is -2.47. The van der Waals surface area contributed by atoms with Crippen LogP contribution in [0.3, 0.4) is 0 Å². The molecule has 1 aromatic heterocycles. The molecule has 1 atom stereocenters. The van der Waals surface area contributed by atoms with E-state index in [0.29, 0.717) is 28.9 Å². The Morgan fingerprint density at radius 3 is 2.93 bits per heavy atom. The van der Waals surface area contributed by atoms with E-state index in [-0.39, 0.29) is 12.0 Å². The van der Waals surface area contributed by atoms with E-state index in [0.717, 1.165) is 33.2 Å². The average molecular weight is 510 g/mol. The number of carbonyl (C=O) groups is 1. The van der Waals surface area contributed by atoms with Gasteiger partial charge < -0.3 is 10.1 Å². The van der Waals surface area contributed by atoms with Crippen LogP contribution in [0.25, 0.3) is 0 Å². The summed E-state index contributed by atoms with van der Waals surface area (Å²) in [5.41, 5.74) is 1.12. The molecule has 0 saturated carbocycles. The first-order chi connectivity index (χ1) is 13.0. The van der Waals surface area contributed by atoms with Gasteiger partial charge in [-0.25, -0.2) is 0 Å². The largest absolute Gasteiger partial charge is 0.374 e. The molecule has 1 saturated heterocycles. The number of carbonyl (C=O) groups excluding carboxylic acids is 1. The number of ether oxygens (including phenoxy) is 1. The Labute approximate surface area is 185 Å². The van der Waals surface area contributed by atoms with Crippen molar-refractivity contribution in [2.45, 2.75) is 16.9 Å². The van der Waals surface area contributed by atoms with Gasteiger partial charge >= 0.3 is 0 Å². The van der Waals surface area contributed by atoms with Crippen molar-refractivity contribution in [1.82, 2.24) is 10.2 Å². The van der Waals surface area contributed by atoms with Gasteiger partial charge in [0, 0.05) is 26.2 Å². The Kier molecular flexibility index (Phi) is 8.32. The molecule has 1 amide bonds. The Bertz CT molecular complexity index is 790. The third-order valence-corrected chi connectivity index (χ3v) is 7.62. The lowest BCUT2D eigenvalue weighted by atomic mass is 10.2. The molecule has 3 rings (SSSR count). The Morgan fingerprint density at radius 2 is 2.19 bits per heavy atom. The molecule has 1 aliphatic rings. The molecule has 0 radical (unpaired) electrons. The van der Waals surface area contributed by atoms with Crippen LogP contribution in [-0.4, -0.2) is 48.9 Å². The fraction of sp³-hybridized carbons (Fsp3) is 0.389. The molecule has 1 aromatic carbocycles. The van der Waals surface area contributed by atoms with Gasteiger partial charge in [0.2, 0.25) is 5.91 Å². The first kappa shape index (κ1) is 21.4. The Morgan fingerprint density at radius 1 is 1.33 bits per heavy atom. The molecule has 146 valence electrons. The molecule has 2 heterocycles. The van der Waals surface area contributed by atoms with Crippen molar-refractivity contribution in [2.75, 3.05) is 32.0 Å². The summed E-state index contributed by atoms with van der Waals surface area (Å²) in [6.45, 7) is 3.58. The monoisotopic (exact) mass is 508 g/mol. The van der Waals surface area contributed by atoms with E-state index in [1.54, 1.807) is 23.1 Å². The predicted molar refractivity (Wildman–Crippen MR) is 117 cm³/mol. The van der Waals surface area contributed by atoms with Gasteiger partial charge in [-0.05, 0) is 45.8 Å². The maximum atomic E-state index is 12.1. The third kappa shape index (κ3) is 6.92. The smallest absolute Gasteiger partial charge is 0.230 e. The summed E-state index contributed by atoms with van der Waals surface area (Å²) in [7, 11) is 0. The van der Waals surface area contributed by atoms with Crippen molar-refractivity contribution in [2.24, 2.45) is 0 Å². The van der Waals surface area contributed by atoms with Gasteiger partial charge in [-0.3, -0.25) is 9.69 Å². The zero-order valence-electron chi connectivity index (χ0n) is 14.4. The molecular formula is C18H19BrCl2N2O2S2. The van der Waals surface area contributed by atoms with E-state index in [1.807, 2.05) is 30.3 Å². The van der Waals surface area contributed by atoms with Gasteiger partial charge in [0.05, 0.1) is 36.5 Å². The highest BCUT2D eigenvalue weighted by molar-refractivity contribution is 9.11. The van der Waals surface area contributed by atoms with E-state index in [1.165, 1.54) is 0 Å². The highest BCUT2D eigenvalue weighted by atomic mass is 79.9. The van der Waals surface area contributed by atoms with Crippen LogP contribution >= 0.6 is 62.2 Å². The van der Waals surface area contributed by atoms with Crippen molar-refractivity contribution in [1.29, 1.82) is 0 Å². The van der Waals surface area contributed by atoms with Gasteiger partial charge in [0.15, 0.2) is 0 Å². The quantitative estimate of drug-likeness (QED) is 0.537. The molecule has 1 unspecified atom stereocenters. The van der Waals surface area contributed by atoms with Crippen molar-refractivity contribution in [3.63, 3.8) is 0 Å². The summed E-state index contributed by atoms with van der Waals surface area (Å²) in [5.74, 6) is 0.432. The second kappa shape index (κ2) is 10.5. The molecule has 1 N–H and O–H groups in total. The molecule has 0 spiro atoms. The number of thioether (sulfide) groups is 1. The highest BCUT2D eigenvalue weighted by Gasteiger charge is 2.21. The molecule has 9 heteroatoms. The minimum Gasteiger partial charge on any atom is -0.374 e. The number of halogens is 3. The summed E-state index contributed by atoms with van der Waals surface area (Å²) in [6.07, 6.45) is -0.00801. The van der Waals surface area contributed by atoms with Crippen LogP contribution in [0.5, 0.6) is 0 Å². The topological polar surface area (TPSA) is 41.6 Å². The highest BCUT2D eigenvalue weighted by Crippen LogP contribution is 2.30. The second-order valence-corrected chi connectivity index (χ2v) is 10.7. The fourth-order valence-corrected chi connectivity index (χ4v) is 5.72. The maximum Gasteiger partial charge on any atom is 0.230 e. The van der Waals surface area contributed by atoms with Crippen LogP contribution in [0.4, 0.5) is 0 Å². The van der Waals surface area contributed by atoms with Crippen molar-refractivity contribution in [3.8, 4) is 0 Å². The molecule has 27 heavy (non-hydrogen) atoms. The summed E-state index contributed by atoms with van der Waals surface area (Å²) < 4.78 is 7.99. The van der Waals surface area contributed by atoms with E-state index in [9.17, 15) is 4.79 Å². The number of thiophene rings is 1. The van der Waals surface area contributed by atoms with E-state index < -0.39 is 0 Å². The van der Waals surface area contributed by atoms with Gasteiger partial charge in [0.25, 0.3) is 0 Å². The van der Waals surface area contributed by atoms with Crippen molar-refractivity contribution < 1.29 is 9.53 Å². The normalized spacial score (nSPS) is 17.8. The van der Waals surface area contributed by atoms with Crippen molar-refractivity contribution >= 4 is 68.1 Å². The molecular weight excluding hydrogens is 491 g/mol. The van der Waals surface area contributed by atoms with Gasteiger partial charge in [0.1, 0.15) is 0 Å². The number of nitrogens with zero attached hydrogens (tertiary/aromatic N) is 1. The summed E-state index contributed by atoms with van der Waals surface area (Å²) in [6, 6.07) is 9.71. The number of hydrogen-bond acceptors (Lipinski definition) is 5. The Hall–Kier alpha value is -0.280. The number of hydrogen-bond donors (Lipinski definition) is 1. The van der Waals surface area contributed by atoms with Crippen LogP contribution in [0.15, 0.2) is 38.3 Å². The average Bonchev–Trinajstić information content (AvgIpc) is 3.07. The van der Waals surface area contributed by atoms with E-state index in [2.05, 4.69) is 26.1 Å². The lowest BCUT2D eigenvalue weighted by Gasteiger charge is -2.33. The van der Waals surface area contributed by atoms with Crippen molar-refractivity contribution in [3.05, 3.63) is 49.7 Å². The number of morpholine rings is 1. The first-order valence-corrected chi connectivity index (χ1v) is 11.8. The summed E-state index contributed by atoms with van der Waals surface area (Å²) >= 11 is 18.7. The fourth-order valence-electron chi connectivity index (χ4n) is 2.73. The molecule has 1 aliphatic heterocycles. The van der Waals surface area contributed by atoms with Crippen LogP contribution < -0.4 is 5.32 Å². The van der Waals surface area contributed by atoms with Gasteiger partial charge in [-0.15, -0.1) is 23.1 Å². The van der Waals surface area contributed by atoms with Crippen LogP contribution in [0.2, 0.25) is 10.0 Å². The number of rotatable bonds is 7. The van der Waals surface area contributed by atoms with E-state index >= 15 is 0 Å². The number of nitrogens with one attached hydrogen (secondary N) is 1. The van der Waals surface area contributed by atoms with Gasteiger partial charge in [-0.2, -0.15) is 0 Å². The minimum absolute atomic E-state index is 0.00801. The second-order valence-electron chi connectivity index (χ2n) is 6.13. The minimum atomic E-state index is -0.00801. The molecule has 4 nitrogen and oxygen atoms in total. The number of benzene rings is 1. The standard InChI is InChI=1S/C18H19BrCl2N2O2S2/c19-16-3-4-18(27-16)26-11-17(24)22-8-13-10-23(5-6-25-13)9-12-1-2-14(20)15(21)7-12/h1-4,7,13H,5-6,8-11H2,(H,22,24). The number of amides is 1. The molecule has 0 bridgehead atoms.